The van der Waals surface area contributed by atoms with E-state index in [4.69, 9.17) is 4.74 Å². The molecule has 0 saturated heterocycles. The van der Waals surface area contributed by atoms with Gasteiger partial charge in [-0.1, -0.05) is 15.9 Å². The molecule has 0 unspecified atom stereocenters. The highest BCUT2D eigenvalue weighted by molar-refractivity contribution is 9.10. The van der Waals surface area contributed by atoms with Gasteiger partial charge in [0, 0.05) is 10.0 Å². The van der Waals surface area contributed by atoms with Crippen LogP contribution in [0.1, 0.15) is 41.7 Å². The van der Waals surface area contributed by atoms with Crippen molar-refractivity contribution in [2.75, 3.05) is 6.61 Å². The summed E-state index contributed by atoms with van der Waals surface area (Å²) < 4.78 is 21.0. The van der Waals surface area contributed by atoms with Gasteiger partial charge in [-0.25, -0.2) is 19.2 Å². The largest absolute Gasteiger partial charge is 0.461 e. The number of pyridine rings is 1. The van der Waals surface area contributed by atoms with E-state index in [1.54, 1.807) is 25.1 Å². The molecule has 7 heteroatoms. The number of benzene rings is 1. The second-order valence-corrected chi connectivity index (χ2v) is 7.80. The number of carbonyl (C=O) groups is 1. The maximum Gasteiger partial charge on any atom is 0.357 e. The minimum atomic E-state index is -0.448. The zero-order chi connectivity index (χ0) is 17.6. The van der Waals surface area contributed by atoms with E-state index < -0.39 is 5.97 Å². The summed E-state index contributed by atoms with van der Waals surface area (Å²) in [5, 5.41) is 0.565. The topological polar surface area (TPSA) is 52.1 Å². The first-order chi connectivity index (χ1) is 12.1. The van der Waals surface area contributed by atoms with Crippen LogP contribution < -0.4 is 0 Å². The number of hydrogen-bond donors (Lipinski definition) is 0. The van der Waals surface area contributed by atoms with Gasteiger partial charge in [-0.2, -0.15) is 0 Å². The van der Waals surface area contributed by atoms with Gasteiger partial charge < -0.3 is 4.74 Å². The van der Waals surface area contributed by atoms with E-state index >= 15 is 0 Å². The molecule has 1 aliphatic carbocycles. The number of thiazole rings is 1. The predicted molar refractivity (Wildman–Crippen MR) is 98.4 cm³/mol. The van der Waals surface area contributed by atoms with Crippen molar-refractivity contribution in [2.45, 2.75) is 25.7 Å². The lowest BCUT2D eigenvalue weighted by Crippen LogP contribution is -2.08. The second-order valence-electron chi connectivity index (χ2n) is 5.89. The van der Waals surface area contributed by atoms with Crippen LogP contribution in [0.3, 0.4) is 0 Å². The maximum atomic E-state index is 14.3. The Labute approximate surface area is 156 Å². The summed E-state index contributed by atoms with van der Waals surface area (Å²) in [6.45, 7) is 2.05. The highest BCUT2D eigenvalue weighted by atomic mass is 79.9. The van der Waals surface area contributed by atoms with Crippen molar-refractivity contribution in [3.8, 4) is 10.6 Å². The van der Waals surface area contributed by atoms with E-state index in [0.29, 0.717) is 33.2 Å². The fraction of sp³-hybridized carbons (Fsp3) is 0.278. The van der Waals surface area contributed by atoms with Crippen LogP contribution in [-0.4, -0.2) is 22.5 Å². The Morgan fingerprint density at radius 2 is 2.16 bits per heavy atom. The van der Waals surface area contributed by atoms with Crippen LogP contribution in [-0.2, 0) is 4.74 Å². The van der Waals surface area contributed by atoms with E-state index in [9.17, 15) is 9.18 Å². The minimum absolute atomic E-state index is 0.268. The van der Waals surface area contributed by atoms with Gasteiger partial charge in [-0.15, -0.1) is 11.3 Å². The molecule has 3 aromatic rings. The van der Waals surface area contributed by atoms with Gasteiger partial charge in [-0.05, 0) is 55.5 Å². The fourth-order valence-electron chi connectivity index (χ4n) is 2.72. The Morgan fingerprint density at radius 1 is 1.36 bits per heavy atom. The number of fused-ring (bicyclic) bond motifs is 1. The monoisotopic (exact) mass is 420 g/mol. The highest BCUT2D eigenvalue weighted by Gasteiger charge is 2.29. The summed E-state index contributed by atoms with van der Waals surface area (Å²) in [4.78, 5) is 20.9. The molecule has 0 bridgehead atoms. The number of rotatable bonds is 4. The molecule has 128 valence electrons. The molecule has 0 N–H and O–H groups in total. The van der Waals surface area contributed by atoms with Crippen LogP contribution in [0.4, 0.5) is 4.39 Å². The molecule has 0 aliphatic heterocycles. The molecule has 4 nitrogen and oxygen atoms in total. The van der Waals surface area contributed by atoms with Crippen molar-refractivity contribution in [3.63, 3.8) is 0 Å². The maximum absolute atomic E-state index is 14.3. The van der Waals surface area contributed by atoms with E-state index in [-0.39, 0.29) is 11.5 Å². The molecule has 0 amide bonds. The molecule has 1 aliphatic rings. The van der Waals surface area contributed by atoms with Gasteiger partial charge >= 0.3 is 5.97 Å². The molecule has 2 heterocycles. The third-order valence-corrected chi connectivity index (χ3v) is 5.67. The van der Waals surface area contributed by atoms with E-state index in [2.05, 4.69) is 25.9 Å². The van der Waals surface area contributed by atoms with Gasteiger partial charge in [0.05, 0.1) is 11.3 Å². The molecule has 0 radical (unpaired) electrons. The van der Waals surface area contributed by atoms with Gasteiger partial charge in [-0.3, -0.25) is 0 Å². The Bertz CT molecular complexity index is 985. The molecule has 1 fully saturated rings. The summed E-state index contributed by atoms with van der Waals surface area (Å²) in [6, 6.07) is 6.70. The standard InChI is InChI=1S/C18H14BrFN2O2S/c1-2-24-18(23)14-8-12(9-3-4-9)15-16(21-14)22-17(25-15)11-6-5-10(19)7-13(11)20/h5-9H,2-4H2,1H3. The van der Waals surface area contributed by atoms with Gasteiger partial charge in [0.25, 0.3) is 0 Å². The lowest BCUT2D eigenvalue weighted by molar-refractivity contribution is 0.0520. The third kappa shape index (κ3) is 3.18. The first-order valence-electron chi connectivity index (χ1n) is 8.01. The summed E-state index contributed by atoms with van der Waals surface area (Å²) >= 11 is 4.68. The van der Waals surface area contributed by atoms with Crippen LogP contribution in [0.2, 0.25) is 0 Å². The number of aromatic nitrogens is 2. The Balaban J connectivity index is 1.86. The van der Waals surface area contributed by atoms with Crippen LogP contribution in [0, 0.1) is 5.82 Å². The predicted octanol–water partition coefficient (Wildman–Crippen LogP) is 5.31. The number of hydrogen-bond acceptors (Lipinski definition) is 5. The molecule has 4 rings (SSSR count). The molecule has 2 aromatic heterocycles. The molecule has 0 spiro atoms. The SMILES string of the molecule is CCOC(=O)c1cc(C2CC2)c2sc(-c3ccc(Br)cc3F)nc2n1. The van der Waals surface area contributed by atoms with Crippen LogP contribution in [0.15, 0.2) is 28.7 Å². The quantitative estimate of drug-likeness (QED) is 0.536. The lowest BCUT2D eigenvalue weighted by atomic mass is 10.1. The molecular weight excluding hydrogens is 407 g/mol. The summed E-state index contributed by atoms with van der Waals surface area (Å²) in [5.74, 6) is -0.371. The second kappa shape index (κ2) is 6.46. The zero-order valence-corrected chi connectivity index (χ0v) is 15.8. The highest BCUT2D eigenvalue weighted by Crippen LogP contribution is 2.45. The normalized spacial score (nSPS) is 14.0. The summed E-state index contributed by atoms with van der Waals surface area (Å²) in [7, 11) is 0. The Kier molecular flexibility index (Phi) is 4.29. The minimum Gasteiger partial charge on any atom is -0.461 e. The smallest absolute Gasteiger partial charge is 0.357 e. The van der Waals surface area contributed by atoms with E-state index in [1.807, 2.05) is 0 Å². The van der Waals surface area contributed by atoms with Crippen molar-refractivity contribution < 1.29 is 13.9 Å². The summed E-state index contributed by atoms with van der Waals surface area (Å²) in [5.41, 5.74) is 2.25. The van der Waals surface area contributed by atoms with Crippen molar-refractivity contribution in [1.82, 2.24) is 9.97 Å². The number of halogens is 2. The number of esters is 1. The van der Waals surface area contributed by atoms with Gasteiger partial charge in [0.1, 0.15) is 10.8 Å². The average Bonchev–Trinajstić information content (AvgIpc) is 3.33. The number of nitrogens with zero attached hydrogens (tertiary/aromatic N) is 2. The van der Waals surface area contributed by atoms with Gasteiger partial charge in [0.15, 0.2) is 11.3 Å². The number of carbonyl (C=O) groups excluding carboxylic acids is 1. The first kappa shape index (κ1) is 16.6. The fourth-order valence-corrected chi connectivity index (χ4v) is 4.18. The average molecular weight is 421 g/mol. The Hall–Kier alpha value is -1.86. The summed E-state index contributed by atoms with van der Waals surface area (Å²) in [6.07, 6.45) is 2.17. The van der Waals surface area contributed by atoms with E-state index in [1.165, 1.54) is 17.4 Å². The Morgan fingerprint density at radius 3 is 2.84 bits per heavy atom. The molecule has 1 aromatic carbocycles. The van der Waals surface area contributed by atoms with Gasteiger partial charge in [0.2, 0.25) is 0 Å². The lowest BCUT2D eigenvalue weighted by Gasteiger charge is -2.04. The van der Waals surface area contributed by atoms with Crippen molar-refractivity contribution >= 4 is 43.6 Å². The van der Waals surface area contributed by atoms with E-state index in [0.717, 1.165) is 23.1 Å². The zero-order valence-electron chi connectivity index (χ0n) is 13.4. The molecule has 25 heavy (non-hydrogen) atoms. The number of ether oxygens (including phenoxy) is 1. The van der Waals surface area contributed by atoms with Crippen molar-refractivity contribution in [3.05, 3.63) is 45.8 Å². The molecule has 1 saturated carbocycles. The van der Waals surface area contributed by atoms with Crippen molar-refractivity contribution in [1.29, 1.82) is 0 Å². The van der Waals surface area contributed by atoms with Crippen LogP contribution >= 0.6 is 27.3 Å². The molecule has 0 atom stereocenters. The third-order valence-electron chi connectivity index (χ3n) is 4.05. The first-order valence-corrected chi connectivity index (χ1v) is 9.61. The molecular formula is C18H14BrFN2O2S. The van der Waals surface area contributed by atoms with Crippen LogP contribution in [0.5, 0.6) is 0 Å². The van der Waals surface area contributed by atoms with Crippen molar-refractivity contribution in [2.24, 2.45) is 0 Å². The van der Waals surface area contributed by atoms with Crippen LogP contribution in [0.25, 0.3) is 20.9 Å².